The van der Waals surface area contributed by atoms with Gasteiger partial charge in [0.25, 0.3) is 0 Å². The highest BCUT2D eigenvalue weighted by molar-refractivity contribution is 9.10. The second-order valence-corrected chi connectivity index (χ2v) is 4.42. The summed E-state index contributed by atoms with van der Waals surface area (Å²) in [6, 6.07) is 3.48. The molecule has 0 atom stereocenters. The van der Waals surface area contributed by atoms with E-state index in [2.05, 4.69) is 21.2 Å². The molecule has 3 nitrogen and oxygen atoms in total. The van der Waals surface area contributed by atoms with Crippen molar-refractivity contribution in [1.29, 1.82) is 0 Å². The molecule has 1 aromatic carbocycles. The zero-order chi connectivity index (χ0) is 11.4. The fraction of sp³-hybridized carbons (Fsp3) is 0.400. The van der Waals surface area contributed by atoms with Crippen molar-refractivity contribution in [2.24, 2.45) is 0 Å². The van der Waals surface area contributed by atoms with Gasteiger partial charge in [-0.25, -0.2) is 9.23 Å². The molecule has 0 aromatic heterocycles. The molecular weight excluding hydrogens is 263 g/mol. The predicted molar refractivity (Wildman–Crippen MR) is 61.5 cm³/mol. The van der Waals surface area contributed by atoms with Crippen LogP contribution in [-0.2, 0) is 4.84 Å². The highest BCUT2D eigenvalue weighted by Crippen LogP contribution is 2.26. The van der Waals surface area contributed by atoms with Crippen molar-refractivity contribution in [3.05, 3.63) is 22.4 Å². The Labute approximate surface area is 97.1 Å². The summed E-state index contributed by atoms with van der Waals surface area (Å²) in [6.07, 6.45) is 0. The summed E-state index contributed by atoms with van der Waals surface area (Å²) in [6.45, 7) is 3.99. The molecule has 0 saturated carbocycles. The minimum absolute atomic E-state index is 0.239. The predicted octanol–water partition coefficient (Wildman–Crippen LogP) is 2.16. The smallest absolute Gasteiger partial charge is 0.221 e. The lowest BCUT2D eigenvalue weighted by Gasteiger charge is -2.12. The Morgan fingerprint density at radius 2 is 2.13 bits per heavy atom. The maximum atomic E-state index is 13.6. The van der Waals surface area contributed by atoms with Crippen molar-refractivity contribution in [3.8, 4) is 0 Å². The van der Waals surface area contributed by atoms with Crippen LogP contribution in [0.5, 0.6) is 0 Å². The van der Waals surface area contributed by atoms with E-state index in [4.69, 9.17) is 4.84 Å². The highest BCUT2D eigenvalue weighted by Gasteiger charge is 2.15. The Balaban J connectivity index is 3.08. The van der Waals surface area contributed by atoms with Crippen LogP contribution in [0.4, 0.5) is 15.8 Å². The Hall–Kier alpha value is -0.650. The molecule has 0 radical (unpaired) electrons. The molecule has 1 rings (SSSR count). The van der Waals surface area contributed by atoms with Crippen LogP contribution in [0.2, 0.25) is 0 Å². The van der Waals surface area contributed by atoms with Gasteiger partial charge in [-0.3, -0.25) is 0 Å². The normalized spacial score (nSPS) is 10.8. The second kappa shape index (κ2) is 5.44. The van der Waals surface area contributed by atoms with Gasteiger partial charge in [0.1, 0.15) is 5.69 Å². The van der Waals surface area contributed by atoms with E-state index in [1.54, 1.807) is 0 Å². The molecule has 0 amide bonds. The van der Waals surface area contributed by atoms with E-state index in [0.717, 1.165) is 5.69 Å². The summed E-state index contributed by atoms with van der Waals surface area (Å²) in [5, 5.41) is 3.16. The molecule has 0 heterocycles. The number of benzene rings is 1. The lowest BCUT2D eigenvalue weighted by atomic mass is 10.2. The number of anilines is 1. The molecule has 0 spiro atoms. The summed E-state index contributed by atoms with van der Waals surface area (Å²) in [5.41, 5.74) is 2.56. The summed E-state index contributed by atoms with van der Waals surface area (Å²) in [7, 11) is 1.50. The minimum Gasteiger partial charge on any atom is -0.378 e. The van der Waals surface area contributed by atoms with E-state index >= 15 is 0 Å². The Morgan fingerprint density at radius 3 is 2.67 bits per heavy atom. The van der Waals surface area contributed by atoms with Gasteiger partial charge in [0.2, 0.25) is 5.69 Å². The zero-order valence-corrected chi connectivity index (χ0v) is 10.6. The van der Waals surface area contributed by atoms with Crippen LogP contribution in [0.15, 0.2) is 16.6 Å². The van der Waals surface area contributed by atoms with Gasteiger partial charge in [-0.1, -0.05) is 15.9 Å². The van der Waals surface area contributed by atoms with Gasteiger partial charge in [-0.15, -0.1) is 0 Å². The fourth-order valence-electron chi connectivity index (χ4n) is 1.25. The number of halogens is 2. The van der Waals surface area contributed by atoms with Crippen LogP contribution in [0.3, 0.4) is 0 Å². The summed E-state index contributed by atoms with van der Waals surface area (Å²) >= 11 is 3.25. The van der Waals surface area contributed by atoms with Crippen LogP contribution >= 0.6 is 15.9 Å². The van der Waals surface area contributed by atoms with Gasteiger partial charge in [0.15, 0.2) is 5.82 Å². The molecule has 84 valence electrons. The highest BCUT2D eigenvalue weighted by atomic mass is 79.9. The fourth-order valence-corrected chi connectivity index (χ4v) is 1.68. The van der Waals surface area contributed by atoms with Gasteiger partial charge in [0.05, 0.1) is 7.11 Å². The lowest BCUT2D eigenvalue weighted by Crippen LogP contribution is -2.76. The largest absolute Gasteiger partial charge is 0.378 e. The Kier molecular flexibility index (Phi) is 4.50. The van der Waals surface area contributed by atoms with Gasteiger partial charge in [0, 0.05) is 10.5 Å². The van der Waals surface area contributed by atoms with Crippen molar-refractivity contribution in [1.82, 2.24) is 0 Å². The first kappa shape index (κ1) is 12.4. The zero-order valence-electron chi connectivity index (χ0n) is 8.97. The summed E-state index contributed by atoms with van der Waals surface area (Å²) < 4.78 is 14.3. The monoisotopic (exact) mass is 277 g/mol. The molecule has 15 heavy (non-hydrogen) atoms. The van der Waals surface area contributed by atoms with E-state index in [-0.39, 0.29) is 11.9 Å². The summed E-state index contributed by atoms with van der Waals surface area (Å²) in [5.74, 6) is -0.311. The van der Waals surface area contributed by atoms with E-state index < -0.39 is 0 Å². The molecule has 0 aliphatic heterocycles. The maximum Gasteiger partial charge on any atom is 0.221 e. The van der Waals surface area contributed by atoms with Crippen molar-refractivity contribution in [3.63, 3.8) is 0 Å². The second-order valence-electron chi connectivity index (χ2n) is 3.50. The molecule has 0 bridgehead atoms. The van der Waals surface area contributed by atoms with E-state index in [1.165, 1.54) is 18.7 Å². The Bertz CT molecular complexity index is 344. The molecule has 0 unspecified atom stereocenters. The first-order chi connectivity index (χ1) is 7.04. The number of quaternary nitrogens is 1. The average molecular weight is 278 g/mol. The quantitative estimate of drug-likeness (QED) is 0.654. The van der Waals surface area contributed by atoms with Gasteiger partial charge < -0.3 is 5.32 Å². The SMILES string of the molecule is CO[NH2+]c1c(F)cc(Br)cc1NC(C)C. The molecule has 3 N–H and O–H groups in total. The first-order valence-corrected chi connectivity index (χ1v) is 5.45. The minimum atomic E-state index is -0.311. The van der Waals surface area contributed by atoms with Crippen molar-refractivity contribution >= 4 is 27.3 Å². The van der Waals surface area contributed by atoms with E-state index in [0.29, 0.717) is 10.2 Å². The molecule has 0 aliphatic rings. The molecule has 1 aromatic rings. The van der Waals surface area contributed by atoms with E-state index in [1.807, 2.05) is 19.9 Å². The van der Waals surface area contributed by atoms with Crippen molar-refractivity contribution < 1.29 is 14.7 Å². The van der Waals surface area contributed by atoms with Crippen LogP contribution < -0.4 is 10.8 Å². The molecule has 0 fully saturated rings. The van der Waals surface area contributed by atoms with Crippen LogP contribution in [-0.4, -0.2) is 13.2 Å². The topological polar surface area (TPSA) is 37.9 Å². The van der Waals surface area contributed by atoms with Crippen molar-refractivity contribution in [2.75, 3.05) is 12.4 Å². The number of rotatable bonds is 4. The molecule has 5 heteroatoms. The summed E-state index contributed by atoms with van der Waals surface area (Å²) in [4.78, 5) is 4.85. The van der Waals surface area contributed by atoms with Crippen molar-refractivity contribution in [2.45, 2.75) is 19.9 Å². The maximum absolute atomic E-state index is 13.6. The van der Waals surface area contributed by atoms with E-state index in [9.17, 15) is 4.39 Å². The number of nitrogens with two attached hydrogens (primary N) is 1. The number of hydrogen-bond donors (Lipinski definition) is 2. The lowest BCUT2D eigenvalue weighted by molar-refractivity contribution is -0.830. The number of hydrogen-bond acceptors (Lipinski definition) is 2. The standard InChI is InChI=1S/C10H14BrFN2O/c1-6(2)13-9-5-7(11)4-8(12)10(9)14-15-3/h4-6,13-14H,1-3H3/p+1. The van der Waals surface area contributed by atoms with Crippen LogP contribution in [0, 0.1) is 5.82 Å². The molecule has 0 aliphatic carbocycles. The van der Waals surface area contributed by atoms with Crippen LogP contribution in [0.25, 0.3) is 0 Å². The first-order valence-electron chi connectivity index (χ1n) is 4.66. The van der Waals surface area contributed by atoms with Crippen LogP contribution in [0.1, 0.15) is 13.8 Å². The third-order valence-corrected chi connectivity index (χ3v) is 2.23. The molecule has 0 saturated heterocycles. The Morgan fingerprint density at radius 1 is 1.47 bits per heavy atom. The van der Waals surface area contributed by atoms with Gasteiger partial charge >= 0.3 is 0 Å². The van der Waals surface area contributed by atoms with Gasteiger partial charge in [-0.2, -0.15) is 5.48 Å². The van der Waals surface area contributed by atoms with Gasteiger partial charge in [-0.05, 0) is 26.0 Å². The average Bonchev–Trinajstić information content (AvgIpc) is 2.10. The molecular formula is C10H15BrFN2O+. The third-order valence-electron chi connectivity index (χ3n) is 1.77. The third kappa shape index (κ3) is 3.44. The number of nitrogens with one attached hydrogen (secondary N) is 1.